The maximum Gasteiger partial charge on any atom is 0.261 e. The Morgan fingerprint density at radius 3 is 2.04 bits per heavy atom. The van der Waals surface area contributed by atoms with E-state index in [1.807, 2.05) is 18.3 Å². The zero-order chi connectivity index (χ0) is 18.6. The zero-order valence-electron chi connectivity index (χ0n) is 15.4. The van der Waals surface area contributed by atoms with Gasteiger partial charge in [-0.1, -0.05) is 18.2 Å². The van der Waals surface area contributed by atoms with Crippen LogP contribution in [0, 0.1) is 0 Å². The van der Waals surface area contributed by atoms with Crippen molar-refractivity contribution in [2.24, 2.45) is 0 Å². The van der Waals surface area contributed by atoms with Crippen LogP contribution in [0.3, 0.4) is 0 Å². The van der Waals surface area contributed by atoms with Crippen LogP contribution in [0.5, 0.6) is 0 Å². The summed E-state index contributed by atoms with van der Waals surface area (Å²) in [5, 5.41) is 0. The Hall–Kier alpha value is -2.57. The number of aromatic nitrogens is 1. The number of hydrogen-bond donors (Lipinski definition) is 0. The summed E-state index contributed by atoms with van der Waals surface area (Å²) in [7, 11) is 0. The highest BCUT2D eigenvalue weighted by atomic mass is 16.2. The molecule has 1 fully saturated rings. The van der Waals surface area contributed by atoms with Gasteiger partial charge in [0, 0.05) is 45.5 Å². The number of benzene rings is 1. The standard InChI is InChI=1S/C21H24N4O2/c26-20-18-7-1-2-8-19(18)21(27)25(20)11-5-10-23-12-14-24(15-13-23)16-17-6-3-4-9-22-17/h1-4,6-9H,5,10-16H2. The smallest absolute Gasteiger partial charge is 0.261 e. The Morgan fingerprint density at radius 1 is 0.778 bits per heavy atom. The van der Waals surface area contributed by atoms with Crippen LogP contribution >= 0.6 is 0 Å². The Balaban J connectivity index is 1.21. The maximum absolute atomic E-state index is 12.4. The van der Waals surface area contributed by atoms with Gasteiger partial charge in [-0.05, 0) is 37.2 Å². The van der Waals surface area contributed by atoms with E-state index < -0.39 is 0 Å². The van der Waals surface area contributed by atoms with Crippen LogP contribution < -0.4 is 0 Å². The average Bonchev–Trinajstić information content (AvgIpc) is 2.95. The minimum absolute atomic E-state index is 0.157. The molecule has 2 aromatic rings. The third kappa shape index (κ3) is 3.91. The predicted molar refractivity (Wildman–Crippen MR) is 102 cm³/mol. The van der Waals surface area contributed by atoms with E-state index in [1.165, 1.54) is 4.90 Å². The first-order valence-electron chi connectivity index (χ1n) is 9.52. The molecule has 0 radical (unpaired) electrons. The van der Waals surface area contributed by atoms with Crippen LogP contribution in [-0.2, 0) is 6.54 Å². The van der Waals surface area contributed by atoms with Crippen molar-refractivity contribution in [1.29, 1.82) is 0 Å². The summed E-state index contributed by atoms with van der Waals surface area (Å²) in [6.07, 6.45) is 2.65. The summed E-state index contributed by atoms with van der Waals surface area (Å²) in [6.45, 7) is 6.34. The fraction of sp³-hybridized carbons (Fsp3) is 0.381. The van der Waals surface area contributed by atoms with E-state index in [-0.39, 0.29) is 11.8 Å². The summed E-state index contributed by atoms with van der Waals surface area (Å²) < 4.78 is 0. The van der Waals surface area contributed by atoms with Gasteiger partial charge in [0.1, 0.15) is 0 Å². The lowest BCUT2D eigenvalue weighted by molar-refractivity contribution is 0.0640. The molecule has 0 atom stereocenters. The molecule has 140 valence electrons. The molecule has 0 bridgehead atoms. The number of nitrogens with zero attached hydrogens (tertiary/aromatic N) is 4. The molecule has 0 N–H and O–H groups in total. The Morgan fingerprint density at radius 2 is 1.41 bits per heavy atom. The Labute approximate surface area is 159 Å². The van der Waals surface area contributed by atoms with Crippen molar-refractivity contribution in [3.05, 3.63) is 65.5 Å². The number of carbonyl (C=O) groups excluding carboxylic acids is 2. The predicted octanol–water partition coefficient (Wildman–Crippen LogP) is 1.89. The van der Waals surface area contributed by atoms with Crippen molar-refractivity contribution in [2.45, 2.75) is 13.0 Å². The Bertz CT molecular complexity index is 781. The van der Waals surface area contributed by atoms with Gasteiger partial charge < -0.3 is 4.90 Å². The summed E-state index contributed by atoms with van der Waals surface area (Å²) in [5.74, 6) is -0.313. The molecule has 2 amide bonds. The van der Waals surface area contributed by atoms with Crippen LogP contribution in [0.1, 0.15) is 32.8 Å². The van der Waals surface area contributed by atoms with Crippen molar-refractivity contribution < 1.29 is 9.59 Å². The lowest BCUT2D eigenvalue weighted by Gasteiger charge is -2.34. The highest BCUT2D eigenvalue weighted by Crippen LogP contribution is 2.22. The fourth-order valence-corrected chi connectivity index (χ4v) is 3.79. The molecule has 1 aromatic carbocycles. The molecule has 0 saturated carbocycles. The zero-order valence-corrected chi connectivity index (χ0v) is 15.4. The van der Waals surface area contributed by atoms with E-state index >= 15 is 0 Å². The Kier molecular flexibility index (Phi) is 5.27. The quantitative estimate of drug-likeness (QED) is 0.733. The minimum atomic E-state index is -0.157. The van der Waals surface area contributed by atoms with Crippen LogP contribution in [-0.4, -0.2) is 70.8 Å². The molecule has 0 spiro atoms. The van der Waals surface area contributed by atoms with Gasteiger partial charge in [0.05, 0.1) is 16.8 Å². The van der Waals surface area contributed by atoms with E-state index in [4.69, 9.17) is 0 Å². The van der Waals surface area contributed by atoms with Crippen molar-refractivity contribution in [3.8, 4) is 0 Å². The monoisotopic (exact) mass is 364 g/mol. The summed E-state index contributed by atoms with van der Waals surface area (Å²) in [5.41, 5.74) is 2.17. The maximum atomic E-state index is 12.4. The molecular formula is C21H24N4O2. The first kappa shape index (κ1) is 17.8. The van der Waals surface area contributed by atoms with E-state index in [2.05, 4.69) is 20.9 Å². The van der Waals surface area contributed by atoms with Gasteiger partial charge in [-0.15, -0.1) is 0 Å². The molecule has 6 heteroatoms. The van der Waals surface area contributed by atoms with Crippen molar-refractivity contribution >= 4 is 11.8 Å². The fourth-order valence-electron chi connectivity index (χ4n) is 3.79. The first-order chi connectivity index (χ1) is 13.2. The molecule has 3 heterocycles. The number of fused-ring (bicyclic) bond motifs is 1. The van der Waals surface area contributed by atoms with Crippen molar-refractivity contribution in [3.63, 3.8) is 0 Å². The second-order valence-electron chi connectivity index (χ2n) is 7.10. The molecule has 1 saturated heterocycles. The van der Waals surface area contributed by atoms with Gasteiger partial charge in [-0.25, -0.2) is 0 Å². The second-order valence-corrected chi connectivity index (χ2v) is 7.10. The van der Waals surface area contributed by atoms with E-state index in [9.17, 15) is 9.59 Å². The van der Waals surface area contributed by atoms with Gasteiger partial charge in [-0.2, -0.15) is 0 Å². The molecule has 2 aliphatic rings. The molecule has 2 aliphatic heterocycles. The number of hydrogen-bond acceptors (Lipinski definition) is 5. The highest BCUT2D eigenvalue weighted by Gasteiger charge is 2.34. The molecule has 4 rings (SSSR count). The van der Waals surface area contributed by atoms with Crippen LogP contribution in [0.15, 0.2) is 48.7 Å². The molecule has 6 nitrogen and oxygen atoms in total. The number of carbonyl (C=O) groups is 2. The highest BCUT2D eigenvalue weighted by molar-refractivity contribution is 6.21. The third-order valence-electron chi connectivity index (χ3n) is 5.31. The number of amides is 2. The van der Waals surface area contributed by atoms with E-state index in [0.717, 1.165) is 51.4 Å². The van der Waals surface area contributed by atoms with Crippen molar-refractivity contribution in [1.82, 2.24) is 19.7 Å². The lowest BCUT2D eigenvalue weighted by atomic mass is 10.1. The van der Waals surface area contributed by atoms with Crippen LogP contribution in [0.2, 0.25) is 0 Å². The summed E-state index contributed by atoms with van der Waals surface area (Å²) in [4.78, 5) is 35.4. The van der Waals surface area contributed by atoms with Gasteiger partial charge in [0.2, 0.25) is 0 Å². The van der Waals surface area contributed by atoms with Gasteiger partial charge in [0.15, 0.2) is 0 Å². The summed E-state index contributed by atoms with van der Waals surface area (Å²) in [6, 6.07) is 13.1. The second kappa shape index (κ2) is 7.98. The topological polar surface area (TPSA) is 56.8 Å². The SMILES string of the molecule is O=C1c2ccccc2C(=O)N1CCCN1CCN(Cc2ccccn2)CC1. The van der Waals surface area contributed by atoms with Crippen LogP contribution in [0.4, 0.5) is 0 Å². The molecule has 0 aliphatic carbocycles. The lowest BCUT2D eigenvalue weighted by Crippen LogP contribution is -2.46. The number of imide groups is 1. The first-order valence-corrected chi connectivity index (χ1v) is 9.52. The largest absolute Gasteiger partial charge is 0.301 e. The summed E-state index contributed by atoms with van der Waals surface area (Å²) >= 11 is 0. The van der Waals surface area contributed by atoms with Gasteiger partial charge in [-0.3, -0.25) is 24.4 Å². The average molecular weight is 364 g/mol. The minimum Gasteiger partial charge on any atom is -0.301 e. The number of pyridine rings is 1. The molecule has 27 heavy (non-hydrogen) atoms. The van der Waals surface area contributed by atoms with E-state index in [1.54, 1.807) is 24.3 Å². The normalized spacial score (nSPS) is 18.1. The number of piperazine rings is 1. The van der Waals surface area contributed by atoms with Crippen LogP contribution in [0.25, 0.3) is 0 Å². The van der Waals surface area contributed by atoms with Crippen molar-refractivity contribution in [2.75, 3.05) is 39.3 Å². The molecular weight excluding hydrogens is 340 g/mol. The number of rotatable bonds is 6. The van der Waals surface area contributed by atoms with Gasteiger partial charge in [0.25, 0.3) is 11.8 Å². The molecule has 1 aromatic heterocycles. The molecule has 0 unspecified atom stereocenters. The van der Waals surface area contributed by atoms with E-state index in [0.29, 0.717) is 17.7 Å². The van der Waals surface area contributed by atoms with Gasteiger partial charge >= 0.3 is 0 Å². The third-order valence-corrected chi connectivity index (χ3v) is 5.31.